The molecule has 2 aromatic rings. The molecule has 0 saturated carbocycles. The lowest BCUT2D eigenvalue weighted by Crippen LogP contribution is -2.47. The molecule has 2 aliphatic rings. The fourth-order valence-corrected chi connectivity index (χ4v) is 3.77. The topological polar surface area (TPSA) is 78.0 Å². The van der Waals surface area contributed by atoms with Crippen LogP contribution < -0.4 is 20.0 Å². The van der Waals surface area contributed by atoms with E-state index in [1.54, 1.807) is 24.3 Å². The fraction of sp³-hybridized carbons (Fsp3) is 0.381. The molecule has 0 spiro atoms. The normalized spacial score (nSPS) is 18.9. The van der Waals surface area contributed by atoms with Crippen LogP contribution in [0.5, 0.6) is 0 Å². The van der Waals surface area contributed by atoms with Gasteiger partial charge in [-0.3, -0.25) is 9.69 Å². The van der Waals surface area contributed by atoms with Gasteiger partial charge in [-0.15, -0.1) is 0 Å². The number of carbonyl (C=O) groups is 2. The maximum Gasteiger partial charge on any atom is 0.414 e. The molecule has 4 rings (SSSR count). The Balaban J connectivity index is 1.39. The van der Waals surface area contributed by atoms with E-state index < -0.39 is 24.0 Å². The van der Waals surface area contributed by atoms with Crippen molar-refractivity contribution >= 4 is 29.2 Å². The predicted molar refractivity (Wildman–Crippen MR) is 111 cm³/mol. The molecule has 2 aliphatic heterocycles. The van der Waals surface area contributed by atoms with Gasteiger partial charge in [-0.2, -0.15) is 4.39 Å². The number of pyridine rings is 1. The zero-order valence-electron chi connectivity index (χ0n) is 17.1. The number of hydrogen-bond donors (Lipinski definition) is 1. The van der Waals surface area contributed by atoms with Crippen molar-refractivity contribution in [2.24, 2.45) is 0 Å². The van der Waals surface area contributed by atoms with Crippen LogP contribution >= 0.6 is 0 Å². The summed E-state index contributed by atoms with van der Waals surface area (Å²) in [6, 6.07) is 9.32. The standard InChI is InChI=1S/C21H23F2N5O3/c1-14(29)24-12-16-13-28(21(30)31-16)15-5-6-18(17(22)11-15)26-7-9-27(10-8-26)20-4-2-3-19(23)25-20/h2-6,11,16H,7-10,12-13H2,1H3,(H,24,29)/t16-/m0/s1. The molecule has 2 saturated heterocycles. The molecule has 1 aromatic carbocycles. The van der Waals surface area contributed by atoms with Gasteiger partial charge in [0.25, 0.3) is 0 Å². The first-order valence-electron chi connectivity index (χ1n) is 10.1. The summed E-state index contributed by atoms with van der Waals surface area (Å²) in [7, 11) is 0. The zero-order valence-corrected chi connectivity index (χ0v) is 17.1. The van der Waals surface area contributed by atoms with E-state index in [2.05, 4.69) is 10.3 Å². The molecule has 2 amide bonds. The van der Waals surface area contributed by atoms with Crippen LogP contribution in [-0.4, -0.2) is 62.4 Å². The van der Waals surface area contributed by atoms with Gasteiger partial charge in [-0.05, 0) is 30.3 Å². The van der Waals surface area contributed by atoms with Gasteiger partial charge >= 0.3 is 6.09 Å². The van der Waals surface area contributed by atoms with E-state index in [0.717, 1.165) is 0 Å². The molecule has 2 fully saturated rings. The van der Waals surface area contributed by atoms with Gasteiger partial charge in [0.05, 0.1) is 24.5 Å². The van der Waals surface area contributed by atoms with Crippen LogP contribution in [0.2, 0.25) is 0 Å². The van der Waals surface area contributed by atoms with Crippen LogP contribution in [0.4, 0.5) is 30.8 Å². The number of piperazine rings is 1. The zero-order chi connectivity index (χ0) is 22.0. The van der Waals surface area contributed by atoms with Gasteiger partial charge in [-0.25, -0.2) is 14.2 Å². The van der Waals surface area contributed by atoms with E-state index >= 15 is 0 Å². The number of anilines is 3. The largest absolute Gasteiger partial charge is 0.442 e. The minimum absolute atomic E-state index is 0.210. The molecule has 8 nitrogen and oxygen atoms in total. The van der Waals surface area contributed by atoms with Crippen molar-refractivity contribution in [1.82, 2.24) is 10.3 Å². The Kier molecular flexibility index (Phi) is 5.88. The van der Waals surface area contributed by atoms with Crippen LogP contribution in [0.15, 0.2) is 36.4 Å². The van der Waals surface area contributed by atoms with E-state index in [0.29, 0.717) is 43.4 Å². The van der Waals surface area contributed by atoms with Crippen molar-refractivity contribution in [2.45, 2.75) is 13.0 Å². The lowest BCUT2D eigenvalue weighted by atomic mass is 10.2. The second kappa shape index (κ2) is 8.75. The highest BCUT2D eigenvalue weighted by Crippen LogP contribution is 2.29. The number of cyclic esters (lactones) is 1. The number of nitrogens with one attached hydrogen (secondary N) is 1. The quantitative estimate of drug-likeness (QED) is 0.731. The number of rotatable bonds is 5. The average molecular weight is 431 g/mol. The first kappa shape index (κ1) is 20.8. The van der Waals surface area contributed by atoms with Gasteiger partial charge in [0.1, 0.15) is 17.7 Å². The summed E-state index contributed by atoms with van der Waals surface area (Å²) in [5.74, 6) is -0.607. The SMILES string of the molecule is CC(=O)NC[C@H]1CN(c2ccc(N3CCN(c4cccc(F)n4)CC3)c(F)c2)C(=O)O1. The lowest BCUT2D eigenvalue weighted by molar-refractivity contribution is -0.119. The molecule has 0 unspecified atom stereocenters. The van der Waals surface area contributed by atoms with E-state index in [4.69, 9.17) is 4.74 Å². The lowest BCUT2D eigenvalue weighted by Gasteiger charge is -2.37. The number of amides is 2. The molecule has 3 heterocycles. The minimum atomic E-state index is -0.571. The highest BCUT2D eigenvalue weighted by molar-refractivity contribution is 5.90. The van der Waals surface area contributed by atoms with Gasteiger partial charge < -0.3 is 19.9 Å². The molecule has 1 aromatic heterocycles. The van der Waals surface area contributed by atoms with Crippen LogP contribution in [-0.2, 0) is 9.53 Å². The van der Waals surface area contributed by atoms with E-state index in [1.807, 2.05) is 9.80 Å². The van der Waals surface area contributed by atoms with E-state index in [1.165, 1.54) is 24.0 Å². The fourth-order valence-electron chi connectivity index (χ4n) is 3.77. The third-order valence-corrected chi connectivity index (χ3v) is 5.34. The molecule has 10 heteroatoms. The number of halogens is 2. The highest BCUT2D eigenvalue weighted by Gasteiger charge is 2.33. The molecular weight excluding hydrogens is 408 g/mol. The van der Waals surface area contributed by atoms with Crippen LogP contribution in [0.25, 0.3) is 0 Å². The third kappa shape index (κ3) is 4.68. The third-order valence-electron chi connectivity index (χ3n) is 5.34. The number of nitrogens with zero attached hydrogens (tertiary/aromatic N) is 4. The number of ether oxygens (including phenoxy) is 1. The smallest absolute Gasteiger partial charge is 0.414 e. The Morgan fingerprint density at radius 3 is 2.58 bits per heavy atom. The molecule has 31 heavy (non-hydrogen) atoms. The summed E-state index contributed by atoms with van der Waals surface area (Å²) in [5, 5.41) is 2.61. The molecule has 1 atom stereocenters. The number of aromatic nitrogens is 1. The average Bonchev–Trinajstić information content (AvgIpc) is 3.13. The maximum absolute atomic E-state index is 14.9. The number of benzene rings is 1. The Bertz CT molecular complexity index is 981. The number of hydrogen-bond acceptors (Lipinski definition) is 6. The van der Waals surface area contributed by atoms with Gasteiger partial charge in [0.2, 0.25) is 11.9 Å². The van der Waals surface area contributed by atoms with Crippen LogP contribution in [0.3, 0.4) is 0 Å². The summed E-state index contributed by atoms with van der Waals surface area (Å²) < 4.78 is 33.5. The van der Waals surface area contributed by atoms with E-state index in [-0.39, 0.29) is 19.0 Å². The molecule has 1 N–H and O–H groups in total. The second-order valence-corrected chi connectivity index (χ2v) is 7.48. The summed E-state index contributed by atoms with van der Waals surface area (Å²) in [5.41, 5.74) is 0.845. The molecule has 0 radical (unpaired) electrons. The summed E-state index contributed by atoms with van der Waals surface area (Å²) >= 11 is 0. The van der Waals surface area contributed by atoms with Crippen molar-refractivity contribution < 1.29 is 23.1 Å². The maximum atomic E-state index is 14.9. The first-order chi connectivity index (χ1) is 14.9. The van der Waals surface area contributed by atoms with Crippen molar-refractivity contribution in [3.05, 3.63) is 48.2 Å². The van der Waals surface area contributed by atoms with Crippen molar-refractivity contribution in [2.75, 3.05) is 54.0 Å². The van der Waals surface area contributed by atoms with Crippen molar-refractivity contribution in [3.8, 4) is 0 Å². The Labute approximate surface area is 178 Å². The Morgan fingerprint density at radius 1 is 1.16 bits per heavy atom. The van der Waals surface area contributed by atoms with Crippen molar-refractivity contribution in [1.29, 1.82) is 0 Å². The minimum Gasteiger partial charge on any atom is -0.442 e. The molecule has 0 aliphatic carbocycles. The predicted octanol–water partition coefficient (Wildman–Crippen LogP) is 2.15. The molecule has 164 valence electrons. The molecule has 0 bridgehead atoms. The Hall–Kier alpha value is -3.43. The van der Waals surface area contributed by atoms with Crippen LogP contribution in [0.1, 0.15) is 6.92 Å². The van der Waals surface area contributed by atoms with Gasteiger partial charge in [0.15, 0.2) is 0 Å². The first-order valence-corrected chi connectivity index (χ1v) is 10.1. The van der Waals surface area contributed by atoms with Gasteiger partial charge in [-0.1, -0.05) is 6.07 Å². The van der Waals surface area contributed by atoms with Crippen LogP contribution in [0, 0.1) is 11.8 Å². The van der Waals surface area contributed by atoms with Gasteiger partial charge in [0, 0.05) is 33.1 Å². The Morgan fingerprint density at radius 2 is 1.90 bits per heavy atom. The second-order valence-electron chi connectivity index (χ2n) is 7.48. The monoisotopic (exact) mass is 431 g/mol. The summed E-state index contributed by atoms with van der Waals surface area (Å²) in [6.45, 7) is 4.11. The highest BCUT2D eigenvalue weighted by atomic mass is 19.1. The summed E-state index contributed by atoms with van der Waals surface area (Å²) in [6.07, 6.45) is -1.05. The van der Waals surface area contributed by atoms with Crippen molar-refractivity contribution in [3.63, 3.8) is 0 Å². The van der Waals surface area contributed by atoms with E-state index in [9.17, 15) is 18.4 Å². The molecular formula is C21H23F2N5O3. The summed E-state index contributed by atoms with van der Waals surface area (Å²) in [4.78, 5) is 32.3. The number of carbonyl (C=O) groups excluding carboxylic acids is 2.